The average Bonchev–Trinajstić information content (AvgIpc) is 3.30. The van der Waals surface area contributed by atoms with Crippen LogP contribution in [0, 0.1) is 5.92 Å². The zero-order valence-electron chi connectivity index (χ0n) is 11.4. The molecule has 2 aromatic rings. The number of carbonyl (C=O) groups is 1. The van der Waals surface area contributed by atoms with Crippen molar-refractivity contribution in [1.29, 1.82) is 0 Å². The lowest BCUT2D eigenvalue weighted by Crippen LogP contribution is -2.40. The number of nitrogens with one attached hydrogen (secondary N) is 1. The fourth-order valence-electron chi connectivity index (χ4n) is 2.18. The van der Waals surface area contributed by atoms with Gasteiger partial charge in [-0.05, 0) is 30.9 Å². The maximum absolute atomic E-state index is 12.2. The second-order valence-corrected chi connectivity index (χ2v) is 5.12. The molecule has 3 rings (SSSR count). The Morgan fingerprint density at radius 2 is 2.24 bits per heavy atom. The second kappa shape index (κ2) is 6.24. The van der Waals surface area contributed by atoms with Crippen molar-refractivity contribution in [2.24, 2.45) is 11.7 Å². The van der Waals surface area contributed by atoms with Gasteiger partial charge in [0.1, 0.15) is 11.2 Å². The summed E-state index contributed by atoms with van der Waals surface area (Å²) in [5, 5.41) is 2.71. The molecule has 21 heavy (non-hydrogen) atoms. The van der Waals surface area contributed by atoms with Crippen molar-refractivity contribution < 1.29 is 4.79 Å². The molecule has 0 saturated heterocycles. The number of rotatable bonds is 4. The molecule has 0 radical (unpaired) electrons. The van der Waals surface area contributed by atoms with Gasteiger partial charge in [-0.25, -0.2) is 4.98 Å². The minimum atomic E-state index is -0.420. The molecular weight excluding hydrogens is 292 g/mol. The number of nitrogens with zero attached hydrogens (tertiary/aromatic N) is 2. The summed E-state index contributed by atoms with van der Waals surface area (Å²) >= 11 is 0. The van der Waals surface area contributed by atoms with Crippen molar-refractivity contribution in [2.45, 2.75) is 18.9 Å². The molecule has 1 saturated carbocycles. The van der Waals surface area contributed by atoms with Crippen LogP contribution in [0.15, 0.2) is 35.4 Å². The normalized spacial score (nSPS) is 15.3. The van der Waals surface area contributed by atoms with E-state index in [-0.39, 0.29) is 29.6 Å². The predicted octanol–water partition coefficient (Wildman–Crippen LogP) is 0.583. The van der Waals surface area contributed by atoms with Crippen LogP contribution in [0.4, 0.5) is 0 Å². The minimum Gasteiger partial charge on any atom is -0.350 e. The third-order valence-electron chi connectivity index (χ3n) is 3.58. The zero-order chi connectivity index (χ0) is 14.1. The Labute approximate surface area is 127 Å². The van der Waals surface area contributed by atoms with Gasteiger partial charge in [-0.2, -0.15) is 0 Å². The van der Waals surface area contributed by atoms with Gasteiger partial charge in [-0.15, -0.1) is 12.4 Å². The molecule has 7 heteroatoms. The molecule has 2 aromatic heterocycles. The molecule has 0 aliphatic heterocycles. The van der Waals surface area contributed by atoms with Gasteiger partial charge in [0, 0.05) is 25.0 Å². The number of amides is 1. The highest BCUT2D eigenvalue weighted by molar-refractivity contribution is 5.93. The predicted molar refractivity (Wildman–Crippen MR) is 81.7 cm³/mol. The van der Waals surface area contributed by atoms with Crippen LogP contribution in [0.3, 0.4) is 0 Å². The summed E-state index contributed by atoms with van der Waals surface area (Å²) in [4.78, 5) is 28.3. The molecular formula is C14H17ClN4O2. The van der Waals surface area contributed by atoms with Crippen molar-refractivity contribution in [1.82, 2.24) is 14.7 Å². The number of aromatic nitrogens is 2. The first-order valence-corrected chi connectivity index (χ1v) is 6.67. The maximum atomic E-state index is 12.2. The molecule has 0 spiro atoms. The summed E-state index contributed by atoms with van der Waals surface area (Å²) < 4.78 is 1.36. The lowest BCUT2D eigenvalue weighted by Gasteiger charge is -2.11. The summed E-state index contributed by atoms with van der Waals surface area (Å²) in [6.45, 7) is 0.389. The van der Waals surface area contributed by atoms with Gasteiger partial charge in [0.25, 0.3) is 11.5 Å². The van der Waals surface area contributed by atoms with Crippen molar-refractivity contribution in [3.05, 3.63) is 46.5 Å². The fraction of sp³-hybridized carbons (Fsp3) is 0.357. The van der Waals surface area contributed by atoms with Crippen LogP contribution in [0.25, 0.3) is 5.65 Å². The molecule has 112 valence electrons. The number of hydrogen-bond acceptors (Lipinski definition) is 4. The summed E-state index contributed by atoms with van der Waals surface area (Å²) in [6.07, 6.45) is 5.15. The summed E-state index contributed by atoms with van der Waals surface area (Å²) in [7, 11) is 0. The van der Waals surface area contributed by atoms with E-state index >= 15 is 0 Å². The van der Waals surface area contributed by atoms with Crippen molar-refractivity contribution in [3.63, 3.8) is 0 Å². The standard InChI is InChI=1S/C14H16N4O2.ClH/c15-11(9-4-5-9)8-17-13(19)10-7-16-12-3-1-2-6-18(12)14(10)20;/h1-3,6-7,9,11H,4-5,8,15H2,(H,17,19);1H. The van der Waals surface area contributed by atoms with Gasteiger partial charge in [0.15, 0.2) is 0 Å². The van der Waals surface area contributed by atoms with Crippen LogP contribution in [0.5, 0.6) is 0 Å². The Hall–Kier alpha value is -1.92. The van der Waals surface area contributed by atoms with Crippen LogP contribution in [-0.4, -0.2) is 27.9 Å². The fourth-order valence-corrected chi connectivity index (χ4v) is 2.18. The van der Waals surface area contributed by atoms with Crippen molar-refractivity contribution >= 4 is 24.0 Å². The number of pyridine rings is 1. The highest BCUT2D eigenvalue weighted by Gasteiger charge is 2.28. The number of halogens is 1. The van der Waals surface area contributed by atoms with Crippen LogP contribution < -0.4 is 16.6 Å². The van der Waals surface area contributed by atoms with Crippen LogP contribution in [0.1, 0.15) is 23.2 Å². The Morgan fingerprint density at radius 3 is 2.95 bits per heavy atom. The van der Waals surface area contributed by atoms with E-state index < -0.39 is 5.91 Å². The van der Waals surface area contributed by atoms with Crippen LogP contribution >= 0.6 is 12.4 Å². The van der Waals surface area contributed by atoms with E-state index in [4.69, 9.17) is 5.73 Å². The molecule has 0 aromatic carbocycles. The molecule has 1 aliphatic carbocycles. The Morgan fingerprint density at radius 1 is 1.48 bits per heavy atom. The van der Waals surface area contributed by atoms with E-state index in [2.05, 4.69) is 10.3 Å². The summed E-state index contributed by atoms with van der Waals surface area (Å²) in [5.74, 6) is 0.0861. The maximum Gasteiger partial charge on any atom is 0.270 e. The molecule has 2 heterocycles. The first-order chi connectivity index (χ1) is 9.66. The van der Waals surface area contributed by atoms with E-state index in [1.54, 1.807) is 24.4 Å². The minimum absolute atomic E-state index is 0. The number of hydrogen-bond donors (Lipinski definition) is 2. The van der Waals surface area contributed by atoms with Crippen molar-refractivity contribution in [3.8, 4) is 0 Å². The van der Waals surface area contributed by atoms with E-state index in [0.717, 1.165) is 12.8 Å². The average molecular weight is 309 g/mol. The molecule has 0 bridgehead atoms. The highest BCUT2D eigenvalue weighted by Crippen LogP contribution is 2.31. The molecule has 3 N–H and O–H groups in total. The second-order valence-electron chi connectivity index (χ2n) is 5.12. The molecule has 1 unspecified atom stereocenters. The van der Waals surface area contributed by atoms with Crippen LogP contribution in [0.2, 0.25) is 0 Å². The third-order valence-corrected chi connectivity index (χ3v) is 3.58. The number of fused-ring (bicyclic) bond motifs is 1. The number of carbonyl (C=O) groups excluding carboxylic acids is 1. The van der Waals surface area contributed by atoms with E-state index in [1.165, 1.54) is 10.6 Å². The van der Waals surface area contributed by atoms with Gasteiger partial charge in [-0.1, -0.05) is 6.07 Å². The smallest absolute Gasteiger partial charge is 0.270 e. The first kappa shape index (κ1) is 15.5. The zero-order valence-corrected chi connectivity index (χ0v) is 12.2. The summed E-state index contributed by atoms with van der Waals surface area (Å²) in [5.41, 5.74) is 6.11. The molecule has 1 atom stereocenters. The molecule has 1 fully saturated rings. The van der Waals surface area contributed by atoms with Gasteiger partial charge in [-0.3, -0.25) is 14.0 Å². The Balaban J connectivity index is 0.00000161. The van der Waals surface area contributed by atoms with Gasteiger partial charge in [0.05, 0.1) is 0 Å². The van der Waals surface area contributed by atoms with Gasteiger partial charge in [0.2, 0.25) is 0 Å². The highest BCUT2D eigenvalue weighted by atomic mass is 35.5. The lowest BCUT2D eigenvalue weighted by atomic mass is 10.2. The lowest BCUT2D eigenvalue weighted by molar-refractivity contribution is 0.0948. The van der Waals surface area contributed by atoms with Gasteiger partial charge < -0.3 is 11.1 Å². The van der Waals surface area contributed by atoms with Gasteiger partial charge >= 0.3 is 0 Å². The largest absolute Gasteiger partial charge is 0.350 e. The van der Waals surface area contributed by atoms with E-state index in [1.807, 2.05) is 0 Å². The third kappa shape index (κ3) is 3.22. The first-order valence-electron chi connectivity index (χ1n) is 6.67. The number of nitrogens with two attached hydrogens (primary N) is 1. The van der Waals surface area contributed by atoms with Crippen LogP contribution in [-0.2, 0) is 0 Å². The van der Waals surface area contributed by atoms with E-state index in [0.29, 0.717) is 18.1 Å². The summed E-state index contributed by atoms with van der Waals surface area (Å²) in [6, 6.07) is 5.19. The molecule has 6 nitrogen and oxygen atoms in total. The monoisotopic (exact) mass is 308 g/mol. The quantitative estimate of drug-likeness (QED) is 0.865. The topological polar surface area (TPSA) is 89.5 Å². The SMILES string of the molecule is Cl.NC(CNC(=O)c1cnc2ccccn2c1=O)C1CC1. The molecule has 1 aliphatic rings. The Bertz CT molecular complexity index is 711. The Kier molecular flexibility index (Phi) is 4.59. The molecule has 1 amide bonds. The van der Waals surface area contributed by atoms with E-state index in [9.17, 15) is 9.59 Å². The van der Waals surface area contributed by atoms with Crippen molar-refractivity contribution in [2.75, 3.05) is 6.54 Å².